The molecule has 4 aromatic carbocycles. The van der Waals surface area contributed by atoms with Crippen LogP contribution in [0.25, 0.3) is 0 Å². The molecule has 0 saturated carbocycles. The van der Waals surface area contributed by atoms with Gasteiger partial charge in [0.1, 0.15) is 12.6 Å². The summed E-state index contributed by atoms with van der Waals surface area (Å²) in [7, 11) is -1.30. The first-order valence-corrected chi connectivity index (χ1v) is 17.0. The van der Waals surface area contributed by atoms with Crippen molar-refractivity contribution in [2.75, 3.05) is 25.1 Å². The molecule has 0 unspecified atom stereocenters. The number of rotatable bonds is 15. The third kappa shape index (κ3) is 8.92. The van der Waals surface area contributed by atoms with Crippen molar-refractivity contribution in [2.24, 2.45) is 0 Å². The molecular formula is C37H43N3O6S. The summed E-state index contributed by atoms with van der Waals surface area (Å²) in [5, 5.41) is 3.05. The summed E-state index contributed by atoms with van der Waals surface area (Å²) in [6.07, 6.45) is 0.945. The lowest BCUT2D eigenvalue weighted by Crippen LogP contribution is -2.54. The number of anilines is 1. The minimum atomic E-state index is -4.24. The van der Waals surface area contributed by atoms with Crippen molar-refractivity contribution < 1.29 is 27.5 Å². The quantitative estimate of drug-likeness (QED) is 0.174. The molecule has 0 aliphatic carbocycles. The smallest absolute Gasteiger partial charge is 0.264 e. The minimum Gasteiger partial charge on any atom is -0.493 e. The van der Waals surface area contributed by atoms with E-state index < -0.39 is 28.5 Å². The number of nitrogens with zero attached hydrogens (tertiary/aromatic N) is 2. The molecule has 0 saturated heterocycles. The lowest BCUT2D eigenvalue weighted by Gasteiger charge is -2.34. The fourth-order valence-electron chi connectivity index (χ4n) is 5.11. The van der Waals surface area contributed by atoms with Crippen molar-refractivity contribution >= 4 is 27.5 Å². The maximum absolute atomic E-state index is 14.6. The first kappa shape index (κ1) is 35.0. The zero-order chi connectivity index (χ0) is 34.0. The van der Waals surface area contributed by atoms with E-state index in [2.05, 4.69) is 5.32 Å². The highest BCUT2D eigenvalue weighted by Crippen LogP contribution is 2.34. The minimum absolute atomic E-state index is 0.0167. The number of nitrogens with one attached hydrogen (secondary N) is 1. The first-order valence-electron chi connectivity index (χ1n) is 15.6. The molecule has 2 amide bonds. The van der Waals surface area contributed by atoms with Crippen LogP contribution in [0, 0.1) is 6.92 Å². The van der Waals surface area contributed by atoms with Crippen LogP contribution in [0.3, 0.4) is 0 Å². The maximum atomic E-state index is 14.6. The second-order valence-corrected chi connectivity index (χ2v) is 13.3. The Kier molecular flexibility index (Phi) is 12.0. The fourth-order valence-corrected chi connectivity index (χ4v) is 6.54. The zero-order valence-corrected chi connectivity index (χ0v) is 28.4. The molecule has 0 aromatic heterocycles. The van der Waals surface area contributed by atoms with Gasteiger partial charge in [0.2, 0.25) is 11.8 Å². The number of methoxy groups -OCH3 is 2. The first-order chi connectivity index (χ1) is 22.6. The van der Waals surface area contributed by atoms with Gasteiger partial charge in [0.05, 0.1) is 24.8 Å². The Morgan fingerprint density at radius 1 is 0.809 bits per heavy atom. The molecule has 0 aliphatic heterocycles. The summed E-state index contributed by atoms with van der Waals surface area (Å²) in [5.74, 6) is -0.144. The Balaban J connectivity index is 1.83. The normalized spacial score (nSPS) is 12.4. The predicted molar refractivity (Wildman–Crippen MR) is 184 cm³/mol. The average molecular weight is 658 g/mol. The average Bonchev–Trinajstić information content (AvgIpc) is 3.09. The molecule has 2 atom stereocenters. The van der Waals surface area contributed by atoms with E-state index in [1.807, 2.05) is 75.4 Å². The summed E-state index contributed by atoms with van der Waals surface area (Å²) in [6.45, 7) is 5.38. The molecule has 0 heterocycles. The van der Waals surface area contributed by atoms with Crippen molar-refractivity contribution in [1.29, 1.82) is 0 Å². The Morgan fingerprint density at radius 3 is 2.02 bits per heavy atom. The molecule has 0 fully saturated rings. The standard InChI is InChI=1S/C37H43N3O6S/c1-6-28(3)38-37(42)33(23-29-13-9-7-10-14-29)39(25-30-19-17-27(2)18-20-30)36(41)26-40(47(43,44)32-15-11-8-12-16-32)31-21-22-34(45-4)35(24-31)46-5/h7-22,24,28,33H,6,23,25-26H2,1-5H3,(H,38,42)/t28-,33+/m1/s1. The van der Waals surface area contributed by atoms with Crippen molar-refractivity contribution in [3.8, 4) is 11.5 Å². The molecule has 0 aliphatic rings. The number of amides is 2. The van der Waals surface area contributed by atoms with Gasteiger partial charge >= 0.3 is 0 Å². The topological polar surface area (TPSA) is 105 Å². The van der Waals surface area contributed by atoms with Crippen LogP contribution in [0.1, 0.15) is 37.0 Å². The van der Waals surface area contributed by atoms with Gasteiger partial charge in [-0.25, -0.2) is 8.42 Å². The Bertz CT molecular complexity index is 1730. The van der Waals surface area contributed by atoms with Gasteiger partial charge in [-0.05, 0) is 55.7 Å². The molecule has 4 aromatic rings. The highest BCUT2D eigenvalue weighted by molar-refractivity contribution is 7.92. The molecule has 0 spiro atoms. The summed E-state index contributed by atoms with van der Waals surface area (Å²) in [6, 6.07) is 28.8. The van der Waals surface area contributed by atoms with Gasteiger partial charge < -0.3 is 19.7 Å². The maximum Gasteiger partial charge on any atom is 0.264 e. The second kappa shape index (κ2) is 16.1. The van der Waals surface area contributed by atoms with E-state index >= 15 is 0 Å². The highest BCUT2D eigenvalue weighted by atomic mass is 32.2. The Morgan fingerprint density at radius 2 is 1.43 bits per heavy atom. The van der Waals surface area contributed by atoms with E-state index in [0.29, 0.717) is 17.9 Å². The van der Waals surface area contributed by atoms with Crippen LogP contribution in [-0.2, 0) is 32.6 Å². The lowest BCUT2D eigenvalue weighted by molar-refractivity contribution is -0.140. The molecule has 4 rings (SSSR count). The number of carbonyl (C=O) groups is 2. The molecule has 0 radical (unpaired) electrons. The van der Waals surface area contributed by atoms with Gasteiger partial charge in [0.15, 0.2) is 11.5 Å². The summed E-state index contributed by atoms with van der Waals surface area (Å²) >= 11 is 0. The van der Waals surface area contributed by atoms with Crippen molar-refractivity contribution in [2.45, 2.75) is 57.1 Å². The number of ether oxygens (including phenoxy) is 2. The van der Waals surface area contributed by atoms with Gasteiger partial charge in [-0.15, -0.1) is 0 Å². The van der Waals surface area contributed by atoms with E-state index in [0.717, 1.165) is 21.0 Å². The third-order valence-electron chi connectivity index (χ3n) is 8.01. The molecular weight excluding hydrogens is 614 g/mol. The van der Waals surface area contributed by atoms with Crippen LogP contribution in [0.2, 0.25) is 0 Å². The van der Waals surface area contributed by atoms with Gasteiger partial charge in [-0.1, -0.05) is 85.3 Å². The predicted octanol–water partition coefficient (Wildman–Crippen LogP) is 5.76. The largest absolute Gasteiger partial charge is 0.493 e. The third-order valence-corrected chi connectivity index (χ3v) is 9.80. The number of benzene rings is 4. The monoisotopic (exact) mass is 657 g/mol. The van der Waals surface area contributed by atoms with Crippen molar-refractivity contribution in [3.63, 3.8) is 0 Å². The van der Waals surface area contributed by atoms with E-state index in [1.54, 1.807) is 30.3 Å². The van der Waals surface area contributed by atoms with Gasteiger partial charge in [-0.2, -0.15) is 0 Å². The van der Waals surface area contributed by atoms with E-state index in [-0.39, 0.29) is 35.5 Å². The molecule has 9 nitrogen and oxygen atoms in total. The molecule has 1 N–H and O–H groups in total. The fraction of sp³-hybridized carbons (Fsp3) is 0.297. The number of sulfonamides is 1. The van der Waals surface area contributed by atoms with Crippen LogP contribution in [0.5, 0.6) is 11.5 Å². The SMILES string of the molecule is CC[C@@H](C)NC(=O)[C@H](Cc1ccccc1)N(Cc1ccc(C)cc1)C(=O)CN(c1ccc(OC)c(OC)c1)S(=O)(=O)c1ccccc1. The molecule has 0 bridgehead atoms. The van der Waals surface area contributed by atoms with Crippen molar-refractivity contribution in [3.05, 3.63) is 120 Å². The number of aryl methyl sites for hydroxylation is 1. The van der Waals surface area contributed by atoms with E-state index in [4.69, 9.17) is 9.47 Å². The lowest BCUT2D eigenvalue weighted by atomic mass is 10.0. The highest BCUT2D eigenvalue weighted by Gasteiger charge is 2.35. The Hall–Kier alpha value is -4.83. The zero-order valence-electron chi connectivity index (χ0n) is 27.6. The van der Waals surface area contributed by atoms with Crippen LogP contribution in [-0.4, -0.2) is 58.0 Å². The summed E-state index contributed by atoms with van der Waals surface area (Å²) < 4.78 is 40.4. The summed E-state index contributed by atoms with van der Waals surface area (Å²) in [5.41, 5.74) is 2.93. The van der Waals surface area contributed by atoms with E-state index in [1.165, 1.54) is 37.3 Å². The Labute approximate surface area is 278 Å². The van der Waals surface area contributed by atoms with Crippen LogP contribution in [0.15, 0.2) is 108 Å². The van der Waals surface area contributed by atoms with E-state index in [9.17, 15) is 18.0 Å². The number of hydrogen-bond donors (Lipinski definition) is 1. The van der Waals surface area contributed by atoms with Gasteiger partial charge in [0, 0.05) is 25.1 Å². The molecule has 248 valence electrons. The van der Waals surface area contributed by atoms with Crippen LogP contribution >= 0.6 is 0 Å². The van der Waals surface area contributed by atoms with Crippen LogP contribution in [0.4, 0.5) is 5.69 Å². The van der Waals surface area contributed by atoms with Crippen LogP contribution < -0.4 is 19.1 Å². The second-order valence-electron chi connectivity index (χ2n) is 11.4. The van der Waals surface area contributed by atoms with Gasteiger partial charge in [-0.3, -0.25) is 13.9 Å². The molecule has 47 heavy (non-hydrogen) atoms. The van der Waals surface area contributed by atoms with Crippen molar-refractivity contribution in [1.82, 2.24) is 10.2 Å². The number of hydrogen-bond acceptors (Lipinski definition) is 6. The summed E-state index contributed by atoms with van der Waals surface area (Å²) in [4.78, 5) is 30.1. The number of carbonyl (C=O) groups excluding carboxylic acids is 2. The van der Waals surface area contributed by atoms with Gasteiger partial charge in [0.25, 0.3) is 10.0 Å². The molecule has 10 heteroatoms.